The second-order valence-corrected chi connectivity index (χ2v) is 6.06. The molecule has 1 fully saturated rings. The summed E-state index contributed by atoms with van der Waals surface area (Å²) in [6, 6.07) is 0. The van der Waals surface area contributed by atoms with Crippen molar-refractivity contribution in [3.63, 3.8) is 0 Å². The van der Waals surface area contributed by atoms with E-state index in [0.717, 1.165) is 38.6 Å². The van der Waals surface area contributed by atoms with E-state index in [1.807, 2.05) is 4.90 Å². The Bertz CT molecular complexity index is 249. The van der Waals surface area contributed by atoms with Crippen LogP contribution in [0, 0.1) is 11.8 Å². The maximum absolute atomic E-state index is 12.1. The highest BCUT2D eigenvalue weighted by molar-refractivity contribution is 5.78. The van der Waals surface area contributed by atoms with Crippen LogP contribution in [-0.4, -0.2) is 62.0 Å². The molecule has 0 saturated carbocycles. The molecule has 18 heavy (non-hydrogen) atoms. The average molecular weight is 255 g/mol. The van der Waals surface area contributed by atoms with E-state index in [1.165, 1.54) is 6.42 Å². The molecule has 1 atom stereocenters. The van der Waals surface area contributed by atoms with Crippen LogP contribution >= 0.6 is 0 Å². The van der Waals surface area contributed by atoms with Crippen molar-refractivity contribution in [3.8, 4) is 0 Å². The van der Waals surface area contributed by atoms with Gasteiger partial charge < -0.3 is 10.2 Å². The van der Waals surface area contributed by atoms with E-state index in [-0.39, 0.29) is 5.91 Å². The van der Waals surface area contributed by atoms with Crippen LogP contribution in [0.1, 0.15) is 27.2 Å². The summed E-state index contributed by atoms with van der Waals surface area (Å²) in [5.41, 5.74) is 0. The van der Waals surface area contributed by atoms with Gasteiger partial charge in [-0.05, 0) is 25.3 Å². The third kappa shape index (κ3) is 5.83. The minimum Gasteiger partial charge on any atom is -0.339 e. The summed E-state index contributed by atoms with van der Waals surface area (Å²) in [6.07, 6.45) is 1.23. The van der Waals surface area contributed by atoms with Crippen molar-refractivity contribution in [2.45, 2.75) is 27.2 Å². The van der Waals surface area contributed by atoms with Crippen LogP contribution in [0.25, 0.3) is 0 Å². The standard InChI is InChI=1S/C14H29N3O/c1-12(2)9-13(3)10-16(4)11-14(18)17-7-5-15-6-8-17/h12-13,15H,5-11H2,1-4H3. The van der Waals surface area contributed by atoms with Crippen LogP contribution in [0.2, 0.25) is 0 Å². The Balaban J connectivity index is 2.25. The van der Waals surface area contributed by atoms with E-state index in [2.05, 4.69) is 38.0 Å². The summed E-state index contributed by atoms with van der Waals surface area (Å²) >= 11 is 0. The topological polar surface area (TPSA) is 35.6 Å². The summed E-state index contributed by atoms with van der Waals surface area (Å²) in [7, 11) is 2.05. The molecular weight excluding hydrogens is 226 g/mol. The number of carbonyl (C=O) groups is 1. The van der Waals surface area contributed by atoms with Gasteiger partial charge in [-0.3, -0.25) is 9.69 Å². The van der Waals surface area contributed by atoms with Crippen LogP contribution in [-0.2, 0) is 4.79 Å². The first kappa shape index (κ1) is 15.4. The predicted molar refractivity (Wildman–Crippen MR) is 75.6 cm³/mol. The molecule has 1 aliphatic rings. The SMILES string of the molecule is CC(C)CC(C)CN(C)CC(=O)N1CCNCC1. The van der Waals surface area contributed by atoms with Crippen molar-refractivity contribution >= 4 is 5.91 Å². The van der Waals surface area contributed by atoms with E-state index in [1.54, 1.807) is 0 Å². The highest BCUT2D eigenvalue weighted by atomic mass is 16.2. The molecule has 0 aliphatic carbocycles. The average Bonchev–Trinajstić information content (AvgIpc) is 2.28. The zero-order valence-electron chi connectivity index (χ0n) is 12.4. The molecule has 0 aromatic heterocycles. The fourth-order valence-corrected chi connectivity index (χ4v) is 2.72. The van der Waals surface area contributed by atoms with Crippen molar-refractivity contribution in [1.82, 2.24) is 15.1 Å². The van der Waals surface area contributed by atoms with Crippen LogP contribution in [0.15, 0.2) is 0 Å². The number of likely N-dealkylation sites (N-methyl/N-ethyl adjacent to an activating group) is 1. The molecule has 1 N–H and O–H groups in total. The largest absolute Gasteiger partial charge is 0.339 e. The van der Waals surface area contributed by atoms with Gasteiger partial charge in [0, 0.05) is 32.7 Å². The molecule has 0 aromatic carbocycles. The number of hydrogen-bond donors (Lipinski definition) is 1. The first-order valence-corrected chi connectivity index (χ1v) is 7.16. The third-order valence-electron chi connectivity index (χ3n) is 3.37. The molecule has 0 bridgehead atoms. The first-order valence-electron chi connectivity index (χ1n) is 7.16. The maximum atomic E-state index is 12.1. The van der Waals surface area contributed by atoms with Crippen molar-refractivity contribution in [1.29, 1.82) is 0 Å². The Morgan fingerprint density at radius 3 is 2.44 bits per heavy atom. The zero-order chi connectivity index (χ0) is 13.5. The molecule has 1 heterocycles. The number of hydrogen-bond acceptors (Lipinski definition) is 3. The lowest BCUT2D eigenvalue weighted by molar-refractivity contribution is -0.132. The van der Waals surface area contributed by atoms with Crippen molar-refractivity contribution in [3.05, 3.63) is 0 Å². The lowest BCUT2D eigenvalue weighted by Crippen LogP contribution is -2.49. The Morgan fingerprint density at radius 1 is 1.28 bits per heavy atom. The van der Waals surface area contributed by atoms with Gasteiger partial charge in [0.15, 0.2) is 0 Å². The molecule has 0 spiro atoms. The second-order valence-electron chi connectivity index (χ2n) is 6.06. The Labute approximate surface area is 112 Å². The summed E-state index contributed by atoms with van der Waals surface area (Å²) in [4.78, 5) is 16.2. The summed E-state index contributed by atoms with van der Waals surface area (Å²) in [5, 5.41) is 3.27. The number of piperazine rings is 1. The van der Waals surface area contributed by atoms with Crippen LogP contribution in [0.4, 0.5) is 0 Å². The van der Waals surface area contributed by atoms with Crippen molar-refractivity contribution in [2.24, 2.45) is 11.8 Å². The van der Waals surface area contributed by atoms with Gasteiger partial charge in [-0.15, -0.1) is 0 Å². The van der Waals surface area contributed by atoms with Gasteiger partial charge in [-0.1, -0.05) is 20.8 Å². The number of carbonyl (C=O) groups excluding carboxylic acids is 1. The van der Waals surface area contributed by atoms with Gasteiger partial charge in [0.2, 0.25) is 5.91 Å². The van der Waals surface area contributed by atoms with Crippen molar-refractivity contribution in [2.75, 3.05) is 46.3 Å². The quantitative estimate of drug-likeness (QED) is 0.770. The number of amides is 1. The van der Waals surface area contributed by atoms with Gasteiger partial charge in [0.25, 0.3) is 0 Å². The molecule has 1 rings (SSSR count). The summed E-state index contributed by atoms with van der Waals surface area (Å²) in [6.45, 7) is 11.9. The number of nitrogens with zero attached hydrogens (tertiary/aromatic N) is 2. The van der Waals surface area contributed by atoms with Crippen LogP contribution in [0.3, 0.4) is 0 Å². The normalized spacial score (nSPS) is 18.4. The summed E-state index contributed by atoms with van der Waals surface area (Å²) < 4.78 is 0. The molecule has 4 nitrogen and oxygen atoms in total. The highest BCUT2D eigenvalue weighted by Gasteiger charge is 2.18. The molecule has 4 heteroatoms. The molecule has 1 aliphatic heterocycles. The van der Waals surface area contributed by atoms with Crippen LogP contribution in [0.5, 0.6) is 0 Å². The Morgan fingerprint density at radius 2 is 1.89 bits per heavy atom. The van der Waals surface area contributed by atoms with Gasteiger partial charge in [0.1, 0.15) is 0 Å². The molecule has 0 radical (unpaired) electrons. The van der Waals surface area contributed by atoms with E-state index in [9.17, 15) is 4.79 Å². The molecule has 0 aromatic rings. The van der Waals surface area contributed by atoms with E-state index < -0.39 is 0 Å². The lowest BCUT2D eigenvalue weighted by Gasteiger charge is -2.30. The fraction of sp³-hybridized carbons (Fsp3) is 0.929. The summed E-state index contributed by atoms with van der Waals surface area (Å²) in [5.74, 6) is 1.67. The molecule has 106 valence electrons. The maximum Gasteiger partial charge on any atom is 0.236 e. The molecule has 1 amide bonds. The third-order valence-corrected chi connectivity index (χ3v) is 3.37. The van der Waals surface area contributed by atoms with Gasteiger partial charge >= 0.3 is 0 Å². The molecular formula is C14H29N3O. The second kappa shape index (κ2) is 7.74. The number of rotatable bonds is 6. The van der Waals surface area contributed by atoms with E-state index in [0.29, 0.717) is 12.5 Å². The monoisotopic (exact) mass is 255 g/mol. The Hall–Kier alpha value is -0.610. The highest BCUT2D eigenvalue weighted by Crippen LogP contribution is 2.11. The van der Waals surface area contributed by atoms with Crippen molar-refractivity contribution < 1.29 is 4.79 Å². The van der Waals surface area contributed by atoms with Gasteiger partial charge in [-0.2, -0.15) is 0 Å². The van der Waals surface area contributed by atoms with E-state index in [4.69, 9.17) is 0 Å². The zero-order valence-corrected chi connectivity index (χ0v) is 12.4. The smallest absolute Gasteiger partial charge is 0.236 e. The number of nitrogens with one attached hydrogen (secondary N) is 1. The minimum absolute atomic E-state index is 0.274. The fourth-order valence-electron chi connectivity index (χ4n) is 2.72. The lowest BCUT2D eigenvalue weighted by atomic mass is 9.98. The van der Waals surface area contributed by atoms with Gasteiger partial charge in [-0.25, -0.2) is 0 Å². The van der Waals surface area contributed by atoms with E-state index >= 15 is 0 Å². The van der Waals surface area contributed by atoms with Crippen LogP contribution < -0.4 is 5.32 Å². The Kier molecular flexibility index (Phi) is 6.65. The predicted octanol–water partition coefficient (Wildman–Crippen LogP) is 1.03. The first-order chi connectivity index (χ1) is 8.49. The molecule has 1 unspecified atom stereocenters. The molecule has 1 saturated heterocycles. The minimum atomic E-state index is 0.274. The van der Waals surface area contributed by atoms with Gasteiger partial charge in [0.05, 0.1) is 6.54 Å².